The van der Waals surface area contributed by atoms with Gasteiger partial charge in [-0.15, -0.1) is 11.3 Å². The van der Waals surface area contributed by atoms with Crippen LogP contribution in [-0.2, 0) is 22.5 Å². The number of unbranched alkanes of at least 4 members (excludes halogenated alkanes) is 2. The van der Waals surface area contributed by atoms with E-state index in [9.17, 15) is 4.79 Å². The smallest absolute Gasteiger partial charge is 0.348 e. The lowest BCUT2D eigenvalue weighted by molar-refractivity contribution is 0.0322. The zero-order chi connectivity index (χ0) is 29.0. The first-order chi connectivity index (χ1) is 20.1. The van der Waals surface area contributed by atoms with Crippen molar-refractivity contribution >= 4 is 22.9 Å². The van der Waals surface area contributed by atoms with Crippen molar-refractivity contribution in [2.45, 2.75) is 77.4 Å². The second kappa shape index (κ2) is 15.6. The molecule has 2 atom stereocenters. The molecule has 1 heterocycles. The molecule has 0 saturated carbocycles. The lowest BCUT2D eigenvalue weighted by atomic mass is 9.89. The number of hydrogen-bond acceptors (Lipinski definition) is 5. The van der Waals surface area contributed by atoms with Crippen LogP contribution in [0.3, 0.4) is 0 Å². The van der Waals surface area contributed by atoms with Gasteiger partial charge >= 0.3 is 5.97 Å². The van der Waals surface area contributed by atoms with Crippen LogP contribution in [0.15, 0.2) is 66.4 Å². The summed E-state index contributed by atoms with van der Waals surface area (Å²) in [6.07, 6.45) is 9.39. The number of rotatable bonds is 15. The first-order valence-electron chi connectivity index (χ1n) is 14.7. The van der Waals surface area contributed by atoms with E-state index in [0.29, 0.717) is 17.4 Å². The largest absolute Gasteiger partial charge is 0.497 e. The average Bonchev–Trinajstić information content (AvgIpc) is 3.66. The van der Waals surface area contributed by atoms with Crippen molar-refractivity contribution in [1.82, 2.24) is 0 Å². The third-order valence-electron chi connectivity index (χ3n) is 7.88. The number of allylic oxidation sites excluding steroid dienone is 2. The van der Waals surface area contributed by atoms with Crippen molar-refractivity contribution in [3.8, 4) is 5.75 Å². The highest BCUT2D eigenvalue weighted by Gasteiger charge is 2.27. The molecule has 1 aliphatic rings. The van der Waals surface area contributed by atoms with Crippen molar-refractivity contribution in [2.24, 2.45) is 5.92 Å². The number of nitrogens with zero attached hydrogens (tertiary/aromatic N) is 1. The summed E-state index contributed by atoms with van der Waals surface area (Å²) >= 11 is 1.51. The Hall–Kier alpha value is -3.40. The maximum Gasteiger partial charge on any atom is 0.348 e. The highest BCUT2D eigenvalue weighted by atomic mass is 32.1. The first kappa shape index (κ1) is 30.6. The van der Waals surface area contributed by atoms with Crippen LogP contribution in [0.1, 0.15) is 95.6 Å². The van der Waals surface area contributed by atoms with Gasteiger partial charge in [0.15, 0.2) is 5.70 Å². The molecule has 4 rings (SSSR count). The van der Waals surface area contributed by atoms with Crippen molar-refractivity contribution in [1.29, 1.82) is 0 Å². The molecule has 0 fully saturated rings. The second-order valence-electron chi connectivity index (χ2n) is 10.6. The second-order valence-corrected chi connectivity index (χ2v) is 11.8. The van der Waals surface area contributed by atoms with Crippen LogP contribution in [0.25, 0.3) is 10.4 Å². The van der Waals surface area contributed by atoms with Gasteiger partial charge in [-0.25, -0.2) is 9.64 Å². The number of carbonyl (C=O) groups excluding carboxylic acids is 1. The molecule has 2 unspecified atom stereocenters. The fourth-order valence-electron chi connectivity index (χ4n) is 5.60. The molecule has 2 aromatic carbocycles. The van der Waals surface area contributed by atoms with Crippen molar-refractivity contribution < 1.29 is 19.0 Å². The number of hydrogen-bond donors (Lipinski definition) is 0. The average molecular weight is 572 g/mol. The summed E-state index contributed by atoms with van der Waals surface area (Å²) in [5.41, 5.74) is 5.61. The number of aryl methyl sites for hydroxylation is 1. The Bertz CT molecular complexity index is 1330. The van der Waals surface area contributed by atoms with Gasteiger partial charge in [-0.05, 0) is 84.6 Å². The zero-order valence-electron chi connectivity index (χ0n) is 24.5. The highest BCUT2D eigenvalue weighted by Crippen LogP contribution is 2.42. The van der Waals surface area contributed by atoms with E-state index in [1.807, 2.05) is 24.3 Å². The molecule has 0 bridgehead atoms. The Kier molecular flexibility index (Phi) is 11.6. The minimum absolute atomic E-state index is 0.0343. The first-order valence-corrected chi connectivity index (χ1v) is 15.5. The lowest BCUT2D eigenvalue weighted by Gasteiger charge is -2.20. The van der Waals surface area contributed by atoms with Gasteiger partial charge < -0.3 is 14.2 Å². The summed E-state index contributed by atoms with van der Waals surface area (Å²) in [5.74, 6) is 0.962. The van der Waals surface area contributed by atoms with Gasteiger partial charge in [0, 0.05) is 4.88 Å². The molecule has 1 aromatic heterocycles. The molecule has 0 spiro atoms. The van der Waals surface area contributed by atoms with E-state index in [-0.39, 0.29) is 12.1 Å². The van der Waals surface area contributed by atoms with Crippen LogP contribution in [0.4, 0.5) is 0 Å². The van der Waals surface area contributed by atoms with Crippen LogP contribution in [0.5, 0.6) is 5.75 Å². The minimum atomic E-state index is -0.272. The number of ether oxygens (including phenoxy) is 3. The summed E-state index contributed by atoms with van der Waals surface area (Å²) in [4.78, 5) is 17.6. The van der Waals surface area contributed by atoms with Crippen molar-refractivity contribution in [3.63, 3.8) is 0 Å². The molecular weight excluding hydrogens is 530 g/mol. The van der Waals surface area contributed by atoms with Crippen molar-refractivity contribution in [2.75, 3.05) is 14.2 Å². The van der Waals surface area contributed by atoms with E-state index < -0.39 is 0 Å². The van der Waals surface area contributed by atoms with Gasteiger partial charge in [-0.3, -0.25) is 0 Å². The number of esters is 1. The normalized spacial score (nSPS) is 15.5. The van der Waals surface area contributed by atoms with Gasteiger partial charge in [-0.2, -0.15) is 0 Å². The number of benzene rings is 2. The molecule has 41 heavy (non-hydrogen) atoms. The Balaban J connectivity index is 1.42. The van der Waals surface area contributed by atoms with Gasteiger partial charge in [0.05, 0.1) is 33.5 Å². The summed E-state index contributed by atoms with van der Waals surface area (Å²) in [6.45, 7) is 10.6. The number of methoxy groups -OCH3 is 2. The minimum Gasteiger partial charge on any atom is -0.497 e. The van der Waals surface area contributed by atoms with Crippen LogP contribution in [0.2, 0.25) is 0 Å². The molecule has 0 amide bonds. The lowest BCUT2D eigenvalue weighted by Crippen LogP contribution is -2.06. The van der Waals surface area contributed by atoms with Crippen LogP contribution in [-0.4, -0.2) is 20.2 Å². The molecule has 0 aliphatic heterocycles. The molecule has 0 radical (unpaired) electrons. The molecule has 0 N–H and O–H groups in total. The van der Waals surface area contributed by atoms with Gasteiger partial charge in [0.2, 0.25) is 0 Å². The monoisotopic (exact) mass is 571 g/mol. The number of carbonyl (C=O) groups is 1. The third-order valence-corrected chi connectivity index (χ3v) is 9.01. The Morgan fingerprint density at radius 2 is 1.80 bits per heavy atom. The molecule has 6 heteroatoms. The van der Waals surface area contributed by atoms with Crippen LogP contribution < -0.4 is 4.74 Å². The van der Waals surface area contributed by atoms with E-state index in [1.54, 1.807) is 7.11 Å². The predicted octanol–water partition coefficient (Wildman–Crippen LogP) is 9.44. The summed E-state index contributed by atoms with van der Waals surface area (Å²) in [7, 11) is 3.09. The van der Waals surface area contributed by atoms with E-state index >= 15 is 0 Å². The zero-order valence-corrected chi connectivity index (χ0v) is 25.3. The predicted molar refractivity (Wildman–Crippen MR) is 166 cm³/mol. The Morgan fingerprint density at radius 1 is 1.02 bits per heavy atom. The molecule has 3 aromatic rings. The van der Waals surface area contributed by atoms with Gasteiger partial charge in [0.1, 0.15) is 10.6 Å². The fraction of sp³-hybridized carbons (Fsp3) is 0.429. The number of thiophene rings is 1. The van der Waals surface area contributed by atoms with Crippen LogP contribution >= 0.6 is 11.3 Å². The Labute approximate surface area is 249 Å². The van der Waals surface area contributed by atoms with Gasteiger partial charge in [0.25, 0.3) is 0 Å². The molecule has 5 nitrogen and oxygen atoms in total. The quantitative estimate of drug-likeness (QED) is 0.104. The maximum atomic E-state index is 11.8. The highest BCUT2D eigenvalue weighted by molar-refractivity contribution is 7.13. The van der Waals surface area contributed by atoms with E-state index in [0.717, 1.165) is 67.5 Å². The molecular formula is C35H41NO4S. The molecule has 1 aliphatic carbocycles. The summed E-state index contributed by atoms with van der Waals surface area (Å²) in [6, 6.07) is 20.7. The fourth-order valence-corrected chi connectivity index (χ4v) is 6.57. The third kappa shape index (κ3) is 8.31. The van der Waals surface area contributed by atoms with E-state index in [4.69, 9.17) is 20.8 Å². The maximum absolute atomic E-state index is 11.8. The molecule has 216 valence electrons. The Morgan fingerprint density at radius 3 is 2.49 bits per heavy atom. The van der Waals surface area contributed by atoms with Crippen LogP contribution in [0, 0.1) is 12.5 Å². The summed E-state index contributed by atoms with van der Waals surface area (Å²) in [5, 5.41) is 0. The van der Waals surface area contributed by atoms with Crippen molar-refractivity contribution in [3.05, 3.63) is 104 Å². The van der Waals surface area contributed by atoms with Gasteiger partial charge in [-0.1, -0.05) is 69.0 Å². The van der Waals surface area contributed by atoms with E-state index in [2.05, 4.69) is 48.2 Å². The topological polar surface area (TPSA) is 49.1 Å². The van der Waals surface area contributed by atoms with E-state index in [1.165, 1.54) is 47.3 Å². The molecule has 0 saturated heterocycles. The standard InChI is InChI=1S/C35H41NO4S/c1-5-6-7-11-32(40-24-25-12-19-29(38-3)20-13-25)26-14-16-28(17-15-26)34-27(18-22-31(34)36-2)9-8-10-30-21-23-33(41-30)35(37)39-4/h12-17,19-21,23,27,32H,5-11,18,22,24H2,1,3-4H3. The summed E-state index contributed by atoms with van der Waals surface area (Å²) < 4.78 is 16.6. The SMILES string of the molecule is [C-]#[N+]C1=C(c2ccc(C(CCCCC)OCc3ccc(OC)cc3)cc2)C(CCCc2ccc(C(=O)OC)s2)CC1.